The molecule has 0 radical (unpaired) electrons. The zero-order chi connectivity index (χ0) is 32.4. The lowest BCUT2D eigenvalue weighted by atomic mass is 10.0. The number of nitrogens with two attached hydrogens (primary N) is 1. The monoisotopic (exact) mass is 734 g/mol. The number of aromatic nitrogens is 3. The highest BCUT2D eigenvalue weighted by molar-refractivity contribution is 14.1. The maximum Gasteiger partial charge on any atom is 0.410 e. The smallest absolute Gasteiger partial charge is 0.410 e. The van der Waals surface area contributed by atoms with Crippen molar-refractivity contribution in [3.8, 4) is 0 Å². The first-order valence-corrected chi connectivity index (χ1v) is 16.4. The highest BCUT2D eigenvalue weighted by Crippen LogP contribution is 2.48. The predicted molar refractivity (Wildman–Crippen MR) is 178 cm³/mol. The van der Waals surface area contributed by atoms with Crippen molar-refractivity contribution in [3.05, 3.63) is 52.0 Å². The Morgan fingerprint density at radius 3 is 2.64 bits per heavy atom. The zero-order valence-electron chi connectivity index (χ0n) is 26.5. The molecule has 0 spiro atoms. The summed E-state index contributed by atoms with van der Waals surface area (Å²) in [5.41, 5.74) is 7.42. The molecule has 2 fully saturated rings. The van der Waals surface area contributed by atoms with E-state index in [0.717, 1.165) is 20.2 Å². The second-order valence-corrected chi connectivity index (χ2v) is 14.2. The van der Waals surface area contributed by atoms with E-state index in [0.29, 0.717) is 44.7 Å². The Labute approximate surface area is 277 Å². The lowest BCUT2D eigenvalue weighted by molar-refractivity contribution is -0.160. The number of fused-ring (bicyclic) bond motifs is 2. The number of benzene rings is 1. The van der Waals surface area contributed by atoms with Crippen molar-refractivity contribution in [2.45, 2.75) is 83.5 Å². The number of rotatable bonds is 10. The van der Waals surface area contributed by atoms with Gasteiger partial charge in [0.15, 0.2) is 5.79 Å². The minimum atomic E-state index is -0.783. The second-order valence-electron chi connectivity index (χ2n) is 13.0. The molecule has 3 aromatic rings. The average Bonchev–Trinajstić information content (AvgIpc) is 3.58. The third kappa shape index (κ3) is 8.17. The lowest BCUT2D eigenvalue weighted by Crippen LogP contribution is -2.42. The molecule has 1 aliphatic heterocycles. The SMILES string of the molecule is CC(C)(C)OC(=O)N(CCCOC(=O)NCCc1ccccc1)C[C@H]1C[C@@H](n2cc(I)c3c(N)ncnc32)[C@@H]2OC(C)(C)O[C@H]12. The van der Waals surface area contributed by atoms with Crippen molar-refractivity contribution in [1.29, 1.82) is 0 Å². The number of ether oxygens (including phenoxy) is 4. The molecule has 5 rings (SSSR count). The van der Waals surface area contributed by atoms with Gasteiger partial charge in [0.25, 0.3) is 0 Å². The fourth-order valence-corrected chi connectivity index (χ4v) is 6.93. The van der Waals surface area contributed by atoms with Crippen molar-refractivity contribution in [2.75, 3.05) is 32.0 Å². The van der Waals surface area contributed by atoms with Crippen molar-refractivity contribution >= 4 is 51.6 Å². The van der Waals surface area contributed by atoms with Crippen LogP contribution < -0.4 is 11.1 Å². The summed E-state index contributed by atoms with van der Waals surface area (Å²) in [6.07, 6.45) is 3.95. The molecular formula is C32H43IN6O6. The molecule has 244 valence electrons. The first-order chi connectivity index (χ1) is 21.3. The number of carbonyl (C=O) groups excluding carboxylic acids is 2. The molecule has 13 heteroatoms. The van der Waals surface area contributed by atoms with Crippen LogP contribution >= 0.6 is 22.6 Å². The molecule has 3 N–H and O–H groups in total. The number of hydrogen-bond acceptors (Lipinski definition) is 9. The molecule has 0 unspecified atom stereocenters. The van der Waals surface area contributed by atoms with Crippen LogP contribution in [-0.2, 0) is 25.4 Å². The summed E-state index contributed by atoms with van der Waals surface area (Å²) in [7, 11) is 0. The van der Waals surface area contributed by atoms with Crippen LogP contribution in [0.2, 0.25) is 0 Å². The largest absolute Gasteiger partial charge is 0.449 e. The Bertz CT molecular complexity index is 1490. The number of nitrogens with zero attached hydrogens (tertiary/aromatic N) is 4. The quantitative estimate of drug-likeness (QED) is 0.210. The second kappa shape index (κ2) is 13.7. The molecule has 1 saturated heterocycles. The van der Waals surface area contributed by atoms with E-state index in [4.69, 9.17) is 24.7 Å². The highest BCUT2D eigenvalue weighted by atomic mass is 127. The average molecular weight is 735 g/mol. The van der Waals surface area contributed by atoms with Crippen LogP contribution in [0.25, 0.3) is 11.0 Å². The fourth-order valence-electron chi connectivity index (χ4n) is 6.11. The normalized spacial score (nSPS) is 22.3. The minimum absolute atomic E-state index is 0.0502. The zero-order valence-corrected chi connectivity index (χ0v) is 28.7. The summed E-state index contributed by atoms with van der Waals surface area (Å²) in [5, 5.41) is 3.60. The highest BCUT2D eigenvalue weighted by Gasteiger charge is 2.55. The van der Waals surface area contributed by atoms with Crippen LogP contribution in [0.3, 0.4) is 0 Å². The van der Waals surface area contributed by atoms with E-state index in [2.05, 4.69) is 42.4 Å². The topological polar surface area (TPSA) is 143 Å². The number of hydrogen-bond donors (Lipinski definition) is 2. The fraction of sp³-hybridized carbons (Fsp3) is 0.562. The van der Waals surface area contributed by atoms with Crippen molar-refractivity contribution in [1.82, 2.24) is 24.8 Å². The summed E-state index contributed by atoms with van der Waals surface area (Å²) in [4.78, 5) is 36.1. The Morgan fingerprint density at radius 2 is 1.91 bits per heavy atom. The first kappa shape index (κ1) is 33.2. The Morgan fingerprint density at radius 1 is 1.18 bits per heavy atom. The number of amides is 2. The van der Waals surface area contributed by atoms with Gasteiger partial charge < -0.3 is 39.5 Å². The number of alkyl carbamates (subject to hydrolysis) is 1. The molecule has 1 aromatic carbocycles. The van der Waals surface area contributed by atoms with Crippen LogP contribution in [0.1, 0.15) is 59.1 Å². The van der Waals surface area contributed by atoms with Gasteiger partial charge in [-0.15, -0.1) is 0 Å². The van der Waals surface area contributed by atoms with E-state index in [1.807, 2.05) is 71.1 Å². The van der Waals surface area contributed by atoms with Gasteiger partial charge in [0, 0.05) is 35.3 Å². The molecule has 2 amide bonds. The van der Waals surface area contributed by atoms with Crippen molar-refractivity contribution < 1.29 is 28.5 Å². The predicted octanol–water partition coefficient (Wildman–Crippen LogP) is 5.30. The molecule has 2 aromatic heterocycles. The summed E-state index contributed by atoms with van der Waals surface area (Å²) in [6.45, 7) is 10.7. The van der Waals surface area contributed by atoms with Crippen LogP contribution in [-0.4, -0.2) is 81.5 Å². The van der Waals surface area contributed by atoms with E-state index in [1.54, 1.807) is 4.90 Å². The molecule has 3 heterocycles. The van der Waals surface area contributed by atoms with E-state index < -0.39 is 23.6 Å². The molecule has 0 bridgehead atoms. The minimum Gasteiger partial charge on any atom is -0.449 e. The number of nitrogen functional groups attached to an aromatic ring is 1. The van der Waals surface area contributed by atoms with Crippen molar-refractivity contribution in [2.24, 2.45) is 5.92 Å². The maximum atomic E-state index is 13.4. The van der Waals surface area contributed by atoms with E-state index in [-0.39, 0.29) is 30.8 Å². The lowest BCUT2D eigenvalue weighted by Gasteiger charge is -2.31. The molecule has 1 saturated carbocycles. The standard InChI is InChI=1S/C32H43IN6O6/c1-31(2,3)45-30(41)38(14-9-15-42-29(40)35-13-12-20-10-7-6-8-11-20)17-21-16-23(26-25(21)43-32(4,5)44-26)39-18-22(33)24-27(34)36-19-37-28(24)39/h6-8,10-11,18-19,21,23,25-26H,9,12-17H2,1-5H3,(H,35,40)(H2,34,36,37)/t21-,23-,25-,26+/m1/s1. The van der Waals surface area contributed by atoms with Gasteiger partial charge >= 0.3 is 12.2 Å². The van der Waals surface area contributed by atoms with Gasteiger partial charge in [0.2, 0.25) is 0 Å². The summed E-state index contributed by atoms with van der Waals surface area (Å²) < 4.78 is 27.1. The Hall–Kier alpha value is -3.17. The van der Waals surface area contributed by atoms with Gasteiger partial charge in [-0.05, 0) is 82.0 Å². The number of anilines is 1. The number of halogens is 1. The first-order valence-electron chi connectivity index (χ1n) is 15.4. The molecule has 1 aliphatic carbocycles. The summed E-state index contributed by atoms with van der Waals surface area (Å²) in [5.74, 6) is -0.401. The number of carbonyl (C=O) groups is 2. The van der Waals surface area contributed by atoms with Gasteiger partial charge in [-0.1, -0.05) is 30.3 Å². The molecule has 2 aliphatic rings. The van der Waals surface area contributed by atoms with Crippen molar-refractivity contribution in [3.63, 3.8) is 0 Å². The van der Waals surface area contributed by atoms with E-state index in [1.165, 1.54) is 6.33 Å². The number of nitrogens with one attached hydrogen (secondary N) is 1. The Balaban J connectivity index is 1.25. The summed E-state index contributed by atoms with van der Waals surface area (Å²) in [6, 6.07) is 9.84. The molecule has 12 nitrogen and oxygen atoms in total. The maximum absolute atomic E-state index is 13.4. The van der Waals surface area contributed by atoms with Gasteiger partial charge in [-0.25, -0.2) is 19.6 Å². The van der Waals surface area contributed by atoms with E-state index in [9.17, 15) is 9.59 Å². The van der Waals surface area contributed by atoms with Crippen LogP contribution in [0, 0.1) is 9.49 Å². The third-order valence-corrected chi connectivity index (χ3v) is 8.76. The molecule has 4 atom stereocenters. The summed E-state index contributed by atoms with van der Waals surface area (Å²) >= 11 is 2.25. The van der Waals surface area contributed by atoms with E-state index >= 15 is 0 Å². The van der Waals surface area contributed by atoms with Crippen LogP contribution in [0.5, 0.6) is 0 Å². The third-order valence-electron chi connectivity index (χ3n) is 7.94. The van der Waals surface area contributed by atoms with Crippen LogP contribution in [0.15, 0.2) is 42.9 Å². The molecule has 45 heavy (non-hydrogen) atoms. The van der Waals surface area contributed by atoms with Gasteiger partial charge in [0.05, 0.1) is 24.1 Å². The van der Waals surface area contributed by atoms with Gasteiger partial charge in [-0.3, -0.25) is 0 Å². The Kier molecular flexibility index (Phi) is 10.1. The van der Waals surface area contributed by atoms with Gasteiger partial charge in [0.1, 0.15) is 29.5 Å². The molecular weight excluding hydrogens is 691 g/mol. The van der Waals surface area contributed by atoms with Gasteiger partial charge in [-0.2, -0.15) is 0 Å². The van der Waals surface area contributed by atoms with Crippen LogP contribution in [0.4, 0.5) is 15.4 Å².